The van der Waals surface area contributed by atoms with E-state index in [2.05, 4.69) is 0 Å². The number of para-hydroxylation sites is 1. The van der Waals surface area contributed by atoms with Crippen molar-refractivity contribution in [2.75, 3.05) is 18.5 Å². The lowest BCUT2D eigenvalue weighted by molar-refractivity contribution is 0.0996. The van der Waals surface area contributed by atoms with Crippen LogP contribution in [-0.2, 0) is 0 Å². The Morgan fingerprint density at radius 2 is 1.95 bits per heavy atom. The molecule has 0 aliphatic carbocycles. The highest BCUT2D eigenvalue weighted by Gasteiger charge is 2.16. The summed E-state index contributed by atoms with van der Waals surface area (Å²) in [5.74, 6) is -2.10. The second-order valence-corrected chi connectivity index (χ2v) is 4.53. The van der Waals surface area contributed by atoms with Gasteiger partial charge in [-0.1, -0.05) is 12.1 Å². The summed E-state index contributed by atoms with van der Waals surface area (Å²) in [4.78, 5) is 13.6. The van der Waals surface area contributed by atoms with Crippen LogP contribution in [-0.4, -0.2) is 19.4 Å². The van der Waals surface area contributed by atoms with Gasteiger partial charge in [0.25, 0.3) is 0 Å². The number of ketones is 1. The molecule has 3 nitrogen and oxygen atoms in total. The van der Waals surface area contributed by atoms with Crippen LogP contribution in [0.15, 0.2) is 42.5 Å². The summed E-state index contributed by atoms with van der Waals surface area (Å²) in [6, 6.07) is 11.7. The van der Waals surface area contributed by atoms with Crippen molar-refractivity contribution in [2.45, 2.75) is 0 Å². The molecule has 0 N–H and O–H groups in total. The predicted molar refractivity (Wildman–Crippen MR) is 75.1 cm³/mol. The minimum absolute atomic E-state index is 0.110. The molecule has 5 heteroatoms. The Bertz CT molecular complexity index is 722. The molecule has 106 valence electrons. The highest BCUT2D eigenvalue weighted by molar-refractivity contribution is 5.99. The van der Waals surface area contributed by atoms with Crippen molar-refractivity contribution in [3.05, 3.63) is 65.2 Å². The van der Waals surface area contributed by atoms with Crippen molar-refractivity contribution < 1.29 is 13.6 Å². The number of hydrogen-bond donors (Lipinski definition) is 0. The van der Waals surface area contributed by atoms with E-state index in [0.29, 0.717) is 17.3 Å². The zero-order chi connectivity index (χ0) is 15.4. The van der Waals surface area contributed by atoms with Crippen LogP contribution in [0.1, 0.15) is 15.9 Å². The molecule has 21 heavy (non-hydrogen) atoms. The maximum absolute atomic E-state index is 13.6. The van der Waals surface area contributed by atoms with Gasteiger partial charge in [0.1, 0.15) is 17.7 Å². The number of nitrogens with zero attached hydrogens (tertiary/aromatic N) is 2. The van der Waals surface area contributed by atoms with Gasteiger partial charge in [0.15, 0.2) is 5.78 Å². The Morgan fingerprint density at radius 1 is 1.24 bits per heavy atom. The molecule has 0 fully saturated rings. The number of benzene rings is 2. The van der Waals surface area contributed by atoms with Crippen molar-refractivity contribution in [1.29, 1.82) is 5.26 Å². The molecule has 0 radical (unpaired) electrons. The van der Waals surface area contributed by atoms with Gasteiger partial charge in [0, 0.05) is 13.1 Å². The molecule has 0 amide bonds. The smallest absolute Gasteiger partial charge is 0.185 e. The van der Waals surface area contributed by atoms with Gasteiger partial charge in [-0.05, 0) is 24.3 Å². The lowest BCUT2D eigenvalue weighted by Gasteiger charge is -2.19. The molecule has 0 atom stereocenters. The SMILES string of the molecule is CN(CC(=O)c1ccc(F)cc1F)c1ccccc1C#N. The second-order valence-electron chi connectivity index (χ2n) is 4.53. The summed E-state index contributed by atoms with van der Waals surface area (Å²) < 4.78 is 26.4. The number of nitriles is 1. The summed E-state index contributed by atoms with van der Waals surface area (Å²) in [6.07, 6.45) is 0. The van der Waals surface area contributed by atoms with Gasteiger partial charge in [0.05, 0.1) is 23.4 Å². The molecule has 2 aromatic rings. The summed E-state index contributed by atoms with van der Waals surface area (Å²) in [5.41, 5.74) is 0.834. The van der Waals surface area contributed by atoms with Crippen molar-refractivity contribution in [2.24, 2.45) is 0 Å². The van der Waals surface area contributed by atoms with Gasteiger partial charge in [-0.25, -0.2) is 8.78 Å². The van der Waals surface area contributed by atoms with E-state index in [9.17, 15) is 13.6 Å². The average molecular weight is 286 g/mol. The van der Waals surface area contributed by atoms with Gasteiger partial charge >= 0.3 is 0 Å². The average Bonchev–Trinajstić information content (AvgIpc) is 2.46. The van der Waals surface area contributed by atoms with Gasteiger partial charge in [-0.3, -0.25) is 4.79 Å². The Balaban J connectivity index is 2.21. The topological polar surface area (TPSA) is 44.1 Å². The third-order valence-corrected chi connectivity index (χ3v) is 3.05. The van der Waals surface area contributed by atoms with E-state index in [1.54, 1.807) is 36.2 Å². The first-order chi connectivity index (χ1) is 10.0. The van der Waals surface area contributed by atoms with Gasteiger partial charge in [0.2, 0.25) is 0 Å². The maximum Gasteiger partial charge on any atom is 0.185 e. The first kappa shape index (κ1) is 14.7. The molecule has 2 aromatic carbocycles. The molecule has 0 aromatic heterocycles. The van der Waals surface area contributed by atoms with E-state index in [1.165, 1.54) is 0 Å². The molecule has 0 spiro atoms. The molecule has 0 unspecified atom stereocenters. The molecule has 0 saturated heterocycles. The standard InChI is InChI=1S/C16H12F2N2O/c1-20(15-5-3-2-4-11(15)9-19)10-16(21)13-7-6-12(17)8-14(13)18/h2-8H,10H2,1H3. The Labute approximate surface area is 121 Å². The molecule has 0 bridgehead atoms. The van der Waals surface area contributed by atoms with Crippen LogP contribution in [0.3, 0.4) is 0 Å². The summed E-state index contributed by atoms with van der Waals surface area (Å²) in [6.45, 7) is -0.110. The number of anilines is 1. The van der Waals surface area contributed by atoms with Crippen LogP contribution in [0.25, 0.3) is 0 Å². The van der Waals surface area contributed by atoms with Crippen LogP contribution in [0, 0.1) is 23.0 Å². The lowest BCUT2D eigenvalue weighted by atomic mass is 10.1. The van der Waals surface area contributed by atoms with Crippen LogP contribution in [0.5, 0.6) is 0 Å². The van der Waals surface area contributed by atoms with Crippen LogP contribution in [0.2, 0.25) is 0 Å². The number of carbonyl (C=O) groups excluding carboxylic acids is 1. The molecular weight excluding hydrogens is 274 g/mol. The quantitative estimate of drug-likeness (QED) is 0.811. The van der Waals surface area contributed by atoms with Crippen molar-refractivity contribution in [3.8, 4) is 6.07 Å². The van der Waals surface area contributed by atoms with Crippen LogP contribution >= 0.6 is 0 Å². The fourth-order valence-electron chi connectivity index (χ4n) is 2.00. The van der Waals surface area contributed by atoms with Crippen LogP contribution < -0.4 is 4.90 Å². The first-order valence-electron chi connectivity index (χ1n) is 6.21. The number of hydrogen-bond acceptors (Lipinski definition) is 3. The number of carbonyl (C=O) groups is 1. The largest absolute Gasteiger partial charge is 0.366 e. The second kappa shape index (κ2) is 6.14. The van der Waals surface area contributed by atoms with E-state index in [0.717, 1.165) is 12.1 Å². The number of rotatable bonds is 4. The molecule has 0 heterocycles. The maximum atomic E-state index is 13.6. The molecule has 0 saturated carbocycles. The van der Waals surface area contributed by atoms with Crippen molar-refractivity contribution in [3.63, 3.8) is 0 Å². The Hall–Kier alpha value is -2.74. The number of halogens is 2. The van der Waals surface area contributed by atoms with Gasteiger partial charge in [-0.15, -0.1) is 0 Å². The Morgan fingerprint density at radius 3 is 2.62 bits per heavy atom. The molecular formula is C16H12F2N2O. The molecule has 0 aliphatic rings. The highest BCUT2D eigenvalue weighted by Crippen LogP contribution is 2.19. The predicted octanol–water partition coefficient (Wildman–Crippen LogP) is 3.16. The number of likely N-dealkylation sites (N-methyl/N-ethyl adjacent to an activating group) is 1. The Kier molecular flexibility index (Phi) is 4.29. The van der Waals surface area contributed by atoms with E-state index < -0.39 is 17.4 Å². The van der Waals surface area contributed by atoms with Crippen molar-refractivity contribution in [1.82, 2.24) is 0 Å². The lowest BCUT2D eigenvalue weighted by Crippen LogP contribution is -2.26. The fourth-order valence-corrected chi connectivity index (χ4v) is 2.00. The summed E-state index contributed by atoms with van der Waals surface area (Å²) in [5, 5.41) is 9.03. The molecule has 0 aliphatic heterocycles. The van der Waals surface area contributed by atoms with E-state index in [4.69, 9.17) is 5.26 Å². The van der Waals surface area contributed by atoms with Gasteiger partial charge < -0.3 is 4.90 Å². The normalized spacial score (nSPS) is 10.0. The van der Waals surface area contributed by atoms with E-state index in [1.807, 2.05) is 6.07 Å². The third kappa shape index (κ3) is 3.23. The fraction of sp³-hybridized carbons (Fsp3) is 0.125. The first-order valence-corrected chi connectivity index (χ1v) is 6.21. The summed E-state index contributed by atoms with van der Waals surface area (Å²) in [7, 11) is 1.63. The van der Waals surface area contributed by atoms with E-state index >= 15 is 0 Å². The molecule has 2 rings (SSSR count). The van der Waals surface area contributed by atoms with Gasteiger partial charge in [-0.2, -0.15) is 5.26 Å². The highest BCUT2D eigenvalue weighted by atomic mass is 19.1. The van der Waals surface area contributed by atoms with Crippen molar-refractivity contribution >= 4 is 11.5 Å². The van der Waals surface area contributed by atoms with Crippen LogP contribution in [0.4, 0.5) is 14.5 Å². The van der Waals surface area contributed by atoms with E-state index in [-0.39, 0.29) is 12.1 Å². The minimum Gasteiger partial charge on any atom is -0.366 e. The zero-order valence-electron chi connectivity index (χ0n) is 11.3. The minimum atomic E-state index is -0.887. The third-order valence-electron chi connectivity index (χ3n) is 3.05. The zero-order valence-corrected chi connectivity index (χ0v) is 11.3. The summed E-state index contributed by atoms with van der Waals surface area (Å²) >= 11 is 0. The monoisotopic (exact) mass is 286 g/mol. The number of Topliss-reactive ketones (excluding diaryl/α,β-unsaturated/α-hetero) is 1.